The number of hydrogen-bond acceptors (Lipinski definition) is 9. The number of halogens is 3. The number of rotatable bonds is 5. The van der Waals surface area contributed by atoms with Crippen molar-refractivity contribution < 1.29 is 46.5 Å². The molecule has 1 saturated heterocycles. The summed E-state index contributed by atoms with van der Waals surface area (Å²) in [5, 5.41) is 0. The summed E-state index contributed by atoms with van der Waals surface area (Å²) in [6.45, 7) is 4.87. The van der Waals surface area contributed by atoms with Gasteiger partial charge >= 0.3 is 24.1 Å². The second-order valence-electron chi connectivity index (χ2n) is 8.70. The van der Waals surface area contributed by atoms with Gasteiger partial charge in [0.25, 0.3) is 0 Å². The van der Waals surface area contributed by atoms with Crippen molar-refractivity contribution in [2.45, 2.75) is 64.5 Å². The highest BCUT2D eigenvalue weighted by Crippen LogP contribution is 2.39. The topological polar surface area (TPSA) is 119 Å². The van der Waals surface area contributed by atoms with Gasteiger partial charge in [-0.3, -0.25) is 19.0 Å². The Balaban J connectivity index is 1.91. The number of hydrogen-bond donors (Lipinski definition) is 0. The van der Waals surface area contributed by atoms with Crippen LogP contribution < -0.4 is 0 Å². The third kappa shape index (κ3) is 5.47. The van der Waals surface area contributed by atoms with E-state index in [0.29, 0.717) is 5.56 Å². The van der Waals surface area contributed by atoms with Crippen LogP contribution in [-0.4, -0.2) is 56.9 Å². The lowest BCUT2D eigenvalue weighted by atomic mass is 9.97. The maximum absolute atomic E-state index is 14.1. The zero-order valence-electron chi connectivity index (χ0n) is 20.8. The highest BCUT2D eigenvalue weighted by molar-refractivity contribution is 5.80. The average molecular weight is 535 g/mol. The molecule has 0 aliphatic carbocycles. The van der Waals surface area contributed by atoms with Crippen LogP contribution in [0.5, 0.6) is 0 Å². The van der Waals surface area contributed by atoms with Gasteiger partial charge in [0.1, 0.15) is 5.52 Å². The minimum Gasteiger partial charge on any atom is -0.456 e. The summed E-state index contributed by atoms with van der Waals surface area (Å²) in [4.78, 5) is 44.1. The number of imidazole rings is 1. The second-order valence-corrected chi connectivity index (χ2v) is 8.70. The van der Waals surface area contributed by atoms with E-state index in [1.165, 1.54) is 11.5 Å². The Morgan fingerprint density at radius 2 is 1.50 bits per heavy atom. The SMILES string of the molecule is CC(=O)O[C@@H]1[C@@H](OC(C)=O)[C@H](C)O[C@@H](n2cnc3c(C(F)(F)F)cc(-c4ccccc4)nc32)[C@@H]1OC(C)=O. The van der Waals surface area contributed by atoms with Crippen molar-refractivity contribution in [3.05, 3.63) is 48.3 Å². The Hall–Kier alpha value is -4.00. The molecule has 3 aromatic rings. The van der Waals surface area contributed by atoms with E-state index in [0.717, 1.165) is 33.2 Å². The maximum atomic E-state index is 14.1. The first-order chi connectivity index (χ1) is 17.9. The maximum Gasteiger partial charge on any atom is 0.418 e. The van der Waals surface area contributed by atoms with Gasteiger partial charge in [0, 0.05) is 26.3 Å². The zero-order chi connectivity index (χ0) is 27.8. The number of nitrogens with zero attached hydrogens (tertiary/aromatic N) is 3. The van der Waals surface area contributed by atoms with Crippen LogP contribution in [0.1, 0.15) is 39.5 Å². The molecule has 1 fully saturated rings. The van der Waals surface area contributed by atoms with Gasteiger partial charge in [0.05, 0.1) is 23.7 Å². The highest BCUT2D eigenvalue weighted by Gasteiger charge is 2.51. The van der Waals surface area contributed by atoms with Gasteiger partial charge < -0.3 is 18.9 Å². The number of alkyl halides is 3. The van der Waals surface area contributed by atoms with Crippen molar-refractivity contribution >= 4 is 29.1 Å². The lowest BCUT2D eigenvalue weighted by Crippen LogP contribution is -2.58. The molecule has 0 unspecified atom stereocenters. The molecule has 5 atom stereocenters. The van der Waals surface area contributed by atoms with E-state index >= 15 is 0 Å². The monoisotopic (exact) mass is 535 g/mol. The second kappa shape index (κ2) is 10.4. The highest BCUT2D eigenvalue weighted by atomic mass is 19.4. The molecule has 1 aliphatic heterocycles. The van der Waals surface area contributed by atoms with Gasteiger partial charge in [-0.25, -0.2) is 9.97 Å². The number of esters is 3. The largest absolute Gasteiger partial charge is 0.456 e. The van der Waals surface area contributed by atoms with Crippen molar-refractivity contribution in [1.82, 2.24) is 14.5 Å². The first kappa shape index (κ1) is 27.0. The lowest BCUT2D eigenvalue weighted by molar-refractivity contribution is -0.259. The third-order valence-electron chi connectivity index (χ3n) is 5.83. The van der Waals surface area contributed by atoms with Gasteiger partial charge in [-0.05, 0) is 13.0 Å². The van der Waals surface area contributed by atoms with E-state index in [-0.39, 0.29) is 11.3 Å². The van der Waals surface area contributed by atoms with Crippen molar-refractivity contribution in [2.24, 2.45) is 0 Å². The van der Waals surface area contributed by atoms with E-state index in [4.69, 9.17) is 18.9 Å². The summed E-state index contributed by atoms with van der Waals surface area (Å²) in [6, 6.07) is 9.15. The molecular weight excluding hydrogens is 511 g/mol. The zero-order valence-corrected chi connectivity index (χ0v) is 20.8. The number of carbonyl (C=O) groups excluding carboxylic acids is 3. The fourth-order valence-electron chi connectivity index (χ4n) is 4.38. The smallest absolute Gasteiger partial charge is 0.418 e. The minimum absolute atomic E-state index is 0.0226. The summed E-state index contributed by atoms with van der Waals surface area (Å²) in [7, 11) is 0. The van der Waals surface area contributed by atoms with Gasteiger partial charge in [-0.1, -0.05) is 30.3 Å². The molecule has 1 aliphatic rings. The first-order valence-corrected chi connectivity index (χ1v) is 11.5. The fraction of sp³-hybridized carbons (Fsp3) is 0.400. The molecule has 0 amide bonds. The molecule has 3 heterocycles. The molecule has 0 spiro atoms. The molecule has 4 rings (SSSR count). The van der Waals surface area contributed by atoms with Crippen molar-refractivity contribution in [3.8, 4) is 11.3 Å². The molecule has 1 aromatic carbocycles. The molecule has 13 heteroatoms. The average Bonchev–Trinajstić information content (AvgIpc) is 3.25. The predicted octanol–water partition coefficient (Wildman–Crippen LogP) is 3.83. The number of fused-ring (bicyclic) bond motifs is 1. The van der Waals surface area contributed by atoms with Crippen LogP contribution in [0, 0.1) is 0 Å². The Morgan fingerprint density at radius 1 is 0.921 bits per heavy atom. The molecular formula is C25H24F3N3O7. The quantitative estimate of drug-likeness (QED) is 0.355. The number of benzene rings is 1. The van der Waals surface area contributed by atoms with Crippen LogP contribution in [0.3, 0.4) is 0 Å². The summed E-state index contributed by atoms with van der Waals surface area (Å²) in [6.07, 6.45) is -9.90. The predicted molar refractivity (Wildman–Crippen MR) is 124 cm³/mol. The van der Waals surface area contributed by atoms with Gasteiger partial charge in [-0.2, -0.15) is 13.2 Å². The molecule has 2 aromatic heterocycles. The van der Waals surface area contributed by atoms with Crippen LogP contribution in [0.15, 0.2) is 42.7 Å². The van der Waals surface area contributed by atoms with Crippen molar-refractivity contribution in [2.75, 3.05) is 0 Å². The Labute approximate surface area is 214 Å². The molecule has 202 valence electrons. The Morgan fingerprint density at radius 3 is 2.08 bits per heavy atom. The van der Waals surface area contributed by atoms with E-state index in [2.05, 4.69) is 9.97 Å². The van der Waals surface area contributed by atoms with Gasteiger partial charge in [0.15, 0.2) is 30.2 Å². The fourth-order valence-corrected chi connectivity index (χ4v) is 4.38. The lowest BCUT2D eigenvalue weighted by Gasteiger charge is -2.43. The van der Waals surface area contributed by atoms with Gasteiger partial charge in [0.2, 0.25) is 0 Å². The summed E-state index contributed by atoms with van der Waals surface area (Å²) < 4.78 is 65.5. The molecule has 0 radical (unpaired) electrons. The molecule has 0 bridgehead atoms. The molecule has 0 saturated carbocycles. The van der Waals surface area contributed by atoms with Crippen LogP contribution >= 0.6 is 0 Å². The normalized spacial score (nSPS) is 23.6. The number of ether oxygens (including phenoxy) is 4. The molecule has 38 heavy (non-hydrogen) atoms. The summed E-state index contributed by atoms with van der Waals surface area (Å²) in [5.74, 6) is -2.27. The van der Waals surface area contributed by atoms with Crippen LogP contribution in [0.25, 0.3) is 22.4 Å². The van der Waals surface area contributed by atoms with E-state index < -0.39 is 65.8 Å². The van der Waals surface area contributed by atoms with E-state index in [1.54, 1.807) is 30.3 Å². The molecule has 10 nitrogen and oxygen atoms in total. The van der Waals surface area contributed by atoms with E-state index in [9.17, 15) is 27.6 Å². The third-order valence-corrected chi connectivity index (χ3v) is 5.83. The van der Waals surface area contributed by atoms with Crippen LogP contribution in [0.4, 0.5) is 13.2 Å². The van der Waals surface area contributed by atoms with Gasteiger partial charge in [-0.15, -0.1) is 0 Å². The van der Waals surface area contributed by atoms with Crippen molar-refractivity contribution in [1.29, 1.82) is 0 Å². The molecule has 0 N–H and O–H groups in total. The number of aromatic nitrogens is 3. The number of carbonyl (C=O) groups is 3. The van der Waals surface area contributed by atoms with Crippen LogP contribution in [-0.2, 0) is 39.5 Å². The van der Waals surface area contributed by atoms with Crippen molar-refractivity contribution in [3.63, 3.8) is 0 Å². The van der Waals surface area contributed by atoms with Crippen LogP contribution in [0.2, 0.25) is 0 Å². The minimum atomic E-state index is -4.76. The summed E-state index contributed by atoms with van der Waals surface area (Å²) >= 11 is 0. The Kier molecular flexibility index (Phi) is 7.40. The number of pyridine rings is 1. The Bertz CT molecular complexity index is 1360. The van der Waals surface area contributed by atoms with E-state index in [1.807, 2.05) is 0 Å². The first-order valence-electron chi connectivity index (χ1n) is 11.5. The summed E-state index contributed by atoms with van der Waals surface area (Å²) in [5.41, 5.74) is -1.24. The standard InChI is InChI=1S/C25H24F3N3O7/c1-12-20(36-13(2)32)21(37-14(3)33)22(38-15(4)34)24(35-12)31-11-29-19-17(25(26,27)28)10-18(30-23(19)31)16-8-6-5-7-9-16/h5-12,20-22,24H,1-4H3/t12-,20-,21+,22+,24+/m0/s1.